The Morgan fingerprint density at radius 2 is 1.12 bits per heavy atom. The van der Waals surface area contributed by atoms with E-state index in [1.807, 2.05) is 12.1 Å². The maximum atomic E-state index is 13.0. The summed E-state index contributed by atoms with van der Waals surface area (Å²) in [5.74, 6) is -0.140. The van der Waals surface area contributed by atoms with E-state index in [1.165, 1.54) is 89.2 Å². The van der Waals surface area contributed by atoms with Crippen molar-refractivity contribution in [3.63, 3.8) is 0 Å². The number of benzene rings is 1. The highest BCUT2D eigenvalue weighted by Crippen LogP contribution is 2.13. The maximum absolute atomic E-state index is 13.0. The second kappa shape index (κ2) is 14.2. The average Bonchev–Trinajstić information content (AvgIpc) is 2.62. The quantitative estimate of drug-likeness (QED) is 0.216. The number of halogens is 1. The molecular weight excluding hydrogens is 321 g/mol. The normalized spacial score (nSPS) is 11.8. The van der Waals surface area contributed by atoms with Crippen LogP contribution in [0.4, 0.5) is 4.39 Å². The predicted molar refractivity (Wildman–Crippen MR) is 113 cm³/mol. The van der Waals surface area contributed by atoms with Crippen molar-refractivity contribution in [2.75, 3.05) is 27.2 Å². The van der Waals surface area contributed by atoms with Crippen LogP contribution in [-0.2, 0) is 6.42 Å². The lowest BCUT2D eigenvalue weighted by Gasteiger charge is -2.30. The van der Waals surface area contributed by atoms with Crippen LogP contribution >= 0.6 is 0 Å². The number of hydrogen-bond acceptors (Lipinski definition) is 0. The van der Waals surface area contributed by atoms with Gasteiger partial charge < -0.3 is 4.48 Å². The molecular formula is C24H43FN+. The number of nitrogens with zero attached hydrogens (tertiary/aromatic N) is 1. The molecule has 1 nitrogen and oxygen atoms in total. The first-order valence-electron chi connectivity index (χ1n) is 11.1. The Balaban J connectivity index is 1.95. The zero-order chi connectivity index (χ0) is 19.1. The second-order valence-electron chi connectivity index (χ2n) is 8.65. The Hall–Kier alpha value is -0.890. The summed E-state index contributed by atoms with van der Waals surface area (Å²) >= 11 is 0. The molecule has 0 saturated carbocycles. The molecule has 150 valence electrons. The Morgan fingerprint density at radius 3 is 1.62 bits per heavy atom. The van der Waals surface area contributed by atoms with Gasteiger partial charge in [0, 0.05) is 6.42 Å². The molecule has 0 N–H and O–H groups in total. The summed E-state index contributed by atoms with van der Waals surface area (Å²) in [4.78, 5) is 0. The molecule has 0 bridgehead atoms. The lowest BCUT2D eigenvalue weighted by Crippen LogP contribution is -2.42. The summed E-state index contributed by atoms with van der Waals surface area (Å²) in [6.07, 6.45) is 17.9. The summed E-state index contributed by atoms with van der Waals surface area (Å²) in [5.41, 5.74) is 1.24. The Labute approximate surface area is 162 Å². The van der Waals surface area contributed by atoms with Gasteiger partial charge in [-0.15, -0.1) is 0 Å². The maximum Gasteiger partial charge on any atom is 0.123 e. The van der Waals surface area contributed by atoms with Gasteiger partial charge in [0.15, 0.2) is 0 Å². The zero-order valence-corrected chi connectivity index (χ0v) is 17.7. The molecule has 0 fully saturated rings. The van der Waals surface area contributed by atoms with E-state index in [1.54, 1.807) is 12.1 Å². The molecule has 0 amide bonds. The van der Waals surface area contributed by atoms with Crippen LogP contribution in [0.3, 0.4) is 0 Å². The van der Waals surface area contributed by atoms with E-state index in [0.29, 0.717) is 0 Å². The first-order valence-corrected chi connectivity index (χ1v) is 11.1. The van der Waals surface area contributed by atoms with Crippen LogP contribution in [0.5, 0.6) is 0 Å². The number of quaternary nitrogens is 1. The van der Waals surface area contributed by atoms with Crippen molar-refractivity contribution >= 4 is 0 Å². The molecule has 0 saturated heterocycles. The van der Waals surface area contributed by atoms with E-state index in [-0.39, 0.29) is 5.82 Å². The molecule has 0 aromatic heterocycles. The summed E-state index contributed by atoms with van der Waals surface area (Å²) in [6, 6.07) is 6.97. The van der Waals surface area contributed by atoms with Gasteiger partial charge in [0.1, 0.15) is 5.82 Å². The van der Waals surface area contributed by atoms with Crippen LogP contribution in [0.1, 0.15) is 89.5 Å². The van der Waals surface area contributed by atoms with Gasteiger partial charge in [-0.05, 0) is 30.5 Å². The molecule has 0 spiro atoms. The zero-order valence-electron chi connectivity index (χ0n) is 17.7. The third kappa shape index (κ3) is 12.5. The molecule has 2 heteroatoms. The third-order valence-electron chi connectivity index (χ3n) is 5.54. The number of hydrogen-bond donors (Lipinski definition) is 0. The van der Waals surface area contributed by atoms with Gasteiger partial charge in [0.2, 0.25) is 0 Å². The third-order valence-corrected chi connectivity index (χ3v) is 5.54. The van der Waals surface area contributed by atoms with E-state index in [4.69, 9.17) is 0 Å². The van der Waals surface area contributed by atoms with Crippen LogP contribution in [-0.4, -0.2) is 31.7 Å². The van der Waals surface area contributed by atoms with Gasteiger partial charge in [-0.2, -0.15) is 0 Å². The largest absolute Gasteiger partial charge is 0.328 e. The molecule has 0 aliphatic heterocycles. The molecule has 0 heterocycles. The lowest BCUT2D eigenvalue weighted by atomic mass is 10.1. The Kier molecular flexibility index (Phi) is 12.6. The van der Waals surface area contributed by atoms with Crippen molar-refractivity contribution in [3.8, 4) is 0 Å². The van der Waals surface area contributed by atoms with Crippen LogP contribution in [0.2, 0.25) is 0 Å². The molecule has 1 aromatic rings. The van der Waals surface area contributed by atoms with Crippen molar-refractivity contribution in [1.29, 1.82) is 0 Å². The predicted octanol–water partition coefficient (Wildman–Crippen LogP) is 7.15. The van der Waals surface area contributed by atoms with Gasteiger partial charge in [0.25, 0.3) is 0 Å². The van der Waals surface area contributed by atoms with Crippen LogP contribution in [0, 0.1) is 5.82 Å². The standard InChI is InChI=1S/C24H43FN/c1-4-5-6-7-8-9-10-11-12-13-14-15-21-26(2,3)22-20-23-16-18-24(25)19-17-23/h16-19H,4-15,20-22H2,1-3H3/q+1. The van der Waals surface area contributed by atoms with Gasteiger partial charge in [-0.1, -0.05) is 83.3 Å². The fraction of sp³-hybridized carbons (Fsp3) is 0.750. The van der Waals surface area contributed by atoms with Crippen molar-refractivity contribution < 1.29 is 8.87 Å². The summed E-state index contributed by atoms with van der Waals surface area (Å²) in [6.45, 7) is 4.66. The number of unbranched alkanes of at least 4 members (excludes halogenated alkanes) is 11. The topological polar surface area (TPSA) is 0 Å². The van der Waals surface area contributed by atoms with Crippen LogP contribution < -0.4 is 0 Å². The smallest absolute Gasteiger partial charge is 0.123 e. The SMILES string of the molecule is CCCCCCCCCCCCCC[N+](C)(C)CCc1ccc(F)cc1. The molecule has 0 unspecified atom stereocenters. The van der Waals surface area contributed by atoms with Crippen molar-refractivity contribution in [3.05, 3.63) is 35.6 Å². The van der Waals surface area contributed by atoms with E-state index >= 15 is 0 Å². The first kappa shape index (κ1) is 23.1. The molecule has 0 aliphatic carbocycles. The molecule has 1 aromatic carbocycles. The van der Waals surface area contributed by atoms with Gasteiger partial charge >= 0.3 is 0 Å². The average molecular weight is 365 g/mol. The number of likely N-dealkylation sites (N-methyl/N-ethyl adjacent to an activating group) is 1. The highest BCUT2D eigenvalue weighted by atomic mass is 19.1. The molecule has 1 rings (SSSR count). The van der Waals surface area contributed by atoms with Gasteiger partial charge in [0.05, 0.1) is 27.2 Å². The molecule has 0 atom stereocenters. The Morgan fingerprint density at radius 1 is 0.654 bits per heavy atom. The van der Waals surface area contributed by atoms with E-state index in [2.05, 4.69) is 21.0 Å². The molecule has 26 heavy (non-hydrogen) atoms. The fourth-order valence-corrected chi connectivity index (χ4v) is 3.58. The van der Waals surface area contributed by atoms with Crippen molar-refractivity contribution in [1.82, 2.24) is 0 Å². The fourth-order valence-electron chi connectivity index (χ4n) is 3.58. The van der Waals surface area contributed by atoms with Crippen LogP contribution in [0.25, 0.3) is 0 Å². The summed E-state index contributed by atoms with van der Waals surface area (Å²) < 4.78 is 14.0. The first-order chi connectivity index (χ1) is 12.5. The molecule has 0 radical (unpaired) electrons. The summed E-state index contributed by atoms with van der Waals surface area (Å²) in [5, 5.41) is 0. The highest BCUT2D eigenvalue weighted by molar-refractivity contribution is 5.15. The second-order valence-corrected chi connectivity index (χ2v) is 8.65. The minimum atomic E-state index is -0.140. The summed E-state index contributed by atoms with van der Waals surface area (Å²) in [7, 11) is 4.64. The molecule has 0 aliphatic rings. The van der Waals surface area contributed by atoms with E-state index < -0.39 is 0 Å². The Bertz CT molecular complexity index is 438. The van der Waals surface area contributed by atoms with Crippen molar-refractivity contribution in [2.45, 2.75) is 90.4 Å². The van der Waals surface area contributed by atoms with Gasteiger partial charge in [-0.25, -0.2) is 4.39 Å². The number of rotatable bonds is 16. The minimum absolute atomic E-state index is 0.140. The highest BCUT2D eigenvalue weighted by Gasteiger charge is 2.14. The van der Waals surface area contributed by atoms with Gasteiger partial charge in [-0.3, -0.25) is 0 Å². The van der Waals surface area contributed by atoms with E-state index in [0.717, 1.165) is 17.4 Å². The van der Waals surface area contributed by atoms with Crippen molar-refractivity contribution in [2.24, 2.45) is 0 Å². The monoisotopic (exact) mass is 364 g/mol. The minimum Gasteiger partial charge on any atom is -0.328 e. The van der Waals surface area contributed by atoms with Crippen LogP contribution in [0.15, 0.2) is 24.3 Å². The van der Waals surface area contributed by atoms with E-state index in [9.17, 15) is 4.39 Å². The lowest BCUT2D eigenvalue weighted by molar-refractivity contribution is -0.890.